The molecule has 3 amide bonds. The summed E-state index contributed by atoms with van der Waals surface area (Å²) in [5.41, 5.74) is 1.43. The predicted octanol–water partition coefficient (Wildman–Crippen LogP) is 3.16. The summed E-state index contributed by atoms with van der Waals surface area (Å²) in [6, 6.07) is 5.25. The van der Waals surface area contributed by atoms with Gasteiger partial charge in [0.15, 0.2) is 5.78 Å². The molecule has 5 N–H and O–H groups in total. The van der Waals surface area contributed by atoms with Crippen LogP contribution in [0.1, 0.15) is 70.8 Å². The topological polar surface area (TPSA) is 188 Å². The Morgan fingerprint density at radius 3 is 2.35 bits per heavy atom. The number of Topliss-reactive ketones (excluding diaryl/α,β-unsaturated/α-hetero) is 1. The van der Waals surface area contributed by atoms with E-state index in [1.54, 1.807) is 12.1 Å². The largest absolute Gasteiger partial charge is 0.506 e. The van der Waals surface area contributed by atoms with Crippen LogP contribution < -0.4 is 16.0 Å². The first-order valence-electron chi connectivity index (χ1n) is 14.3. The van der Waals surface area contributed by atoms with Crippen molar-refractivity contribution < 1.29 is 43.7 Å². The molecular weight excluding hydrogens is 626 g/mol. The van der Waals surface area contributed by atoms with Crippen LogP contribution in [-0.4, -0.2) is 72.8 Å². The number of amides is 3. The summed E-state index contributed by atoms with van der Waals surface area (Å²) in [5, 5.41) is 26.8. The van der Waals surface area contributed by atoms with Crippen LogP contribution in [0.2, 0.25) is 0 Å². The molecule has 0 saturated carbocycles. The quantitative estimate of drug-likeness (QED) is 0.0744. The predicted molar refractivity (Wildman–Crippen MR) is 163 cm³/mol. The van der Waals surface area contributed by atoms with E-state index < -0.39 is 5.91 Å². The number of halogens is 1. The monoisotopic (exact) mass is 669 g/mol. The number of allylic oxidation sites excluding steroid dienone is 1. The minimum Gasteiger partial charge on any atom is -0.506 e. The van der Waals surface area contributed by atoms with Gasteiger partial charge in [0.1, 0.15) is 5.75 Å². The summed E-state index contributed by atoms with van der Waals surface area (Å²) in [6.45, 7) is 5.43. The third-order valence-electron chi connectivity index (χ3n) is 5.97. The molecule has 0 aliphatic carbocycles. The number of phenolic OH excluding ortho intramolecular Hbond substituents is 1. The number of hydrogen-bond donors (Lipinski definition) is 5. The number of carbonyl (C=O) groups is 4. The maximum atomic E-state index is 12.3. The first-order valence-corrected chi connectivity index (χ1v) is 15.1. The van der Waals surface area contributed by atoms with Crippen LogP contribution in [0, 0.1) is 5.92 Å². The fraction of sp³-hybridized carbons (Fsp3) is 0.567. The molecule has 0 unspecified atom stereocenters. The molecule has 240 valence electrons. The lowest BCUT2D eigenvalue weighted by Gasteiger charge is -2.13. The Labute approximate surface area is 261 Å². The van der Waals surface area contributed by atoms with Gasteiger partial charge in [0, 0.05) is 38.4 Å². The summed E-state index contributed by atoms with van der Waals surface area (Å²) in [7, 11) is 0. The average molecular weight is 671 g/mol. The highest BCUT2D eigenvalue weighted by atomic mass is 79.9. The van der Waals surface area contributed by atoms with Gasteiger partial charge in [-0.3, -0.25) is 19.2 Å². The number of nitrogens with one attached hydrogen (secondary N) is 3. The normalized spacial score (nSPS) is 11.4. The molecule has 13 heteroatoms. The van der Waals surface area contributed by atoms with Crippen molar-refractivity contribution in [1.82, 2.24) is 10.6 Å². The smallest absolute Gasteiger partial charge is 0.373 e. The van der Waals surface area contributed by atoms with Crippen molar-refractivity contribution in [2.45, 2.75) is 71.6 Å². The van der Waals surface area contributed by atoms with E-state index in [1.807, 2.05) is 6.07 Å². The number of unbranched alkanes of at least 4 members (excludes halogenated alkanes) is 1. The van der Waals surface area contributed by atoms with Gasteiger partial charge >= 0.3 is 6.15 Å². The zero-order valence-corrected chi connectivity index (χ0v) is 26.5. The lowest BCUT2D eigenvalue weighted by molar-refractivity contribution is -0.191. The van der Waals surface area contributed by atoms with Gasteiger partial charge in [-0.15, -0.1) is 0 Å². The molecule has 0 aromatic heterocycles. The second kappa shape index (κ2) is 25.1. The minimum absolute atomic E-state index is 0.0110. The molecule has 0 heterocycles. The maximum absolute atomic E-state index is 12.3. The molecule has 0 bridgehead atoms. The molecule has 43 heavy (non-hydrogen) atoms. The van der Waals surface area contributed by atoms with Crippen molar-refractivity contribution in [2.75, 3.05) is 38.2 Å². The van der Waals surface area contributed by atoms with E-state index in [2.05, 4.69) is 45.7 Å². The standard InChI is InChI=1S/C29H44BrN3O7.CO2/c1-3-7-21(2)18-22-11-12-26(36)24(19-22)33-28(38)10-6-13-31-29(39)20-23(30)25(35)8-4-5-9-27(37)32-14-16-40-17-15-34;2-1-3/h11-12,19-21,34,36H,3-10,13-18H2,1-2H3,(H,31,39)(H,32,37)(H,33,38);/b23-20-;/t21-;/m1./s1. The number of carbonyl (C=O) groups excluding carboxylic acids is 6. The van der Waals surface area contributed by atoms with Gasteiger partial charge in [-0.05, 0) is 65.2 Å². The fourth-order valence-corrected chi connectivity index (χ4v) is 4.34. The Morgan fingerprint density at radius 1 is 1.00 bits per heavy atom. The van der Waals surface area contributed by atoms with Crippen LogP contribution in [0.15, 0.2) is 28.8 Å². The van der Waals surface area contributed by atoms with Crippen LogP contribution in [-0.2, 0) is 39.9 Å². The molecule has 0 aliphatic rings. The van der Waals surface area contributed by atoms with E-state index in [0.717, 1.165) is 24.8 Å². The number of ether oxygens (including phenoxy) is 1. The number of aliphatic hydroxyl groups is 1. The number of phenols is 1. The van der Waals surface area contributed by atoms with Gasteiger partial charge in [0.25, 0.3) is 0 Å². The average Bonchev–Trinajstić information content (AvgIpc) is 2.95. The summed E-state index contributed by atoms with van der Waals surface area (Å²) in [5.74, 6) is -0.561. The second-order valence-electron chi connectivity index (χ2n) is 9.78. The van der Waals surface area contributed by atoms with Crippen LogP contribution in [0.3, 0.4) is 0 Å². The Hall–Kier alpha value is -3.38. The number of rotatable bonds is 21. The molecule has 1 aromatic carbocycles. The molecule has 0 aliphatic heterocycles. The molecule has 0 fully saturated rings. The number of aliphatic hydroxyl groups excluding tert-OH is 1. The van der Waals surface area contributed by atoms with E-state index in [9.17, 15) is 24.3 Å². The van der Waals surface area contributed by atoms with E-state index in [4.69, 9.17) is 19.4 Å². The van der Waals surface area contributed by atoms with Crippen LogP contribution in [0.4, 0.5) is 5.69 Å². The fourth-order valence-electron chi connectivity index (χ4n) is 3.94. The molecule has 0 radical (unpaired) electrons. The first-order chi connectivity index (χ1) is 20.6. The SMILES string of the molecule is CCC[C@@H](C)Cc1ccc(O)c(NC(=O)CCCNC(=O)/C=C(\Br)C(=O)CCCCC(=O)NCCOCCO)c1.O=C=O. The molecule has 1 atom stereocenters. The molecule has 1 aromatic rings. The summed E-state index contributed by atoms with van der Waals surface area (Å²) in [6.07, 6.45) is 6.57. The molecule has 0 saturated heterocycles. The zero-order chi connectivity index (χ0) is 32.5. The molecule has 1 rings (SSSR count). The first kappa shape index (κ1) is 39.6. The van der Waals surface area contributed by atoms with Gasteiger partial charge in [0.05, 0.1) is 30.0 Å². The Balaban J connectivity index is 0.00000562. The summed E-state index contributed by atoms with van der Waals surface area (Å²) >= 11 is 3.14. The van der Waals surface area contributed by atoms with E-state index in [0.29, 0.717) is 44.0 Å². The van der Waals surface area contributed by atoms with Crippen molar-refractivity contribution in [3.05, 3.63) is 34.3 Å². The molecular formula is C30H44BrN3O9. The Kier molecular flexibility index (Phi) is 23.2. The lowest BCUT2D eigenvalue weighted by Crippen LogP contribution is -2.27. The molecule has 12 nitrogen and oxygen atoms in total. The van der Waals surface area contributed by atoms with Crippen LogP contribution in [0.5, 0.6) is 5.75 Å². The van der Waals surface area contributed by atoms with Crippen molar-refractivity contribution in [1.29, 1.82) is 0 Å². The third-order valence-corrected chi connectivity index (χ3v) is 6.64. The Bertz CT molecular complexity index is 1070. The van der Waals surface area contributed by atoms with Crippen molar-refractivity contribution in [3.63, 3.8) is 0 Å². The van der Waals surface area contributed by atoms with Gasteiger partial charge in [-0.25, -0.2) is 0 Å². The number of hydrogen-bond acceptors (Lipinski definition) is 9. The van der Waals surface area contributed by atoms with E-state index >= 15 is 0 Å². The maximum Gasteiger partial charge on any atom is 0.373 e. The van der Waals surface area contributed by atoms with E-state index in [1.165, 1.54) is 6.08 Å². The van der Waals surface area contributed by atoms with Crippen LogP contribution >= 0.6 is 15.9 Å². The van der Waals surface area contributed by atoms with Gasteiger partial charge in [-0.2, -0.15) is 9.59 Å². The second-order valence-corrected chi connectivity index (χ2v) is 10.6. The third kappa shape index (κ3) is 21.0. The van der Waals surface area contributed by atoms with Crippen molar-refractivity contribution in [2.24, 2.45) is 5.92 Å². The van der Waals surface area contributed by atoms with Crippen LogP contribution in [0.25, 0.3) is 0 Å². The highest BCUT2D eigenvalue weighted by Crippen LogP contribution is 2.26. The number of ketones is 1. The number of benzene rings is 1. The molecule has 0 spiro atoms. The van der Waals surface area contributed by atoms with Crippen molar-refractivity contribution in [3.8, 4) is 5.75 Å². The summed E-state index contributed by atoms with van der Waals surface area (Å²) in [4.78, 5) is 64.7. The lowest BCUT2D eigenvalue weighted by atomic mass is 9.96. The highest BCUT2D eigenvalue weighted by Gasteiger charge is 2.12. The van der Waals surface area contributed by atoms with Gasteiger partial charge in [-0.1, -0.05) is 32.8 Å². The highest BCUT2D eigenvalue weighted by molar-refractivity contribution is 9.12. The minimum atomic E-state index is -0.449. The summed E-state index contributed by atoms with van der Waals surface area (Å²) < 4.78 is 5.20. The van der Waals surface area contributed by atoms with Gasteiger partial charge < -0.3 is 30.9 Å². The Morgan fingerprint density at radius 2 is 1.67 bits per heavy atom. The number of aromatic hydroxyl groups is 1. The van der Waals surface area contributed by atoms with E-state index in [-0.39, 0.29) is 73.0 Å². The zero-order valence-electron chi connectivity index (χ0n) is 24.9. The number of anilines is 1. The van der Waals surface area contributed by atoms with Crippen molar-refractivity contribution >= 4 is 51.3 Å². The van der Waals surface area contributed by atoms with Gasteiger partial charge in [0.2, 0.25) is 17.7 Å².